The van der Waals surface area contributed by atoms with E-state index in [1.54, 1.807) is 8.61 Å². The van der Waals surface area contributed by atoms with Crippen LogP contribution in [0.15, 0.2) is 18.2 Å². The van der Waals surface area contributed by atoms with E-state index in [-0.39, 0.29) is 0 Å². The third kappa shape index (κ3) is 4.06. The number of aryl methyl sites for hydroxylation is 1. The standard InChI is InChI=1S/C16H27N3O2S/c1-4-18(5-2)22(20,21)19-11-7-9-15(13-19)12-16-10-6-8-14(3)17-16/h6,8,10,15H,4-5,7,9,11-13H2,1-3H3/t15-/m0/s1. The summed E-state index contributed by atoms with van der Waals surface area (Å²) in [5, 5.41) is 0. The van der Waals surface area contributed by atoms with Crippen molar-refractivity contribution in [1.29, 1.82) is 0 Å². The summed E-state index contributed by atoms with van der Waals surface area (Å²) in [6, 6.07) is 6.04. The summed E-state index contributed by atoms with van der Waals surface area (Å²) >= 11 is 0. The van der Waals surface area contributed by atoms with E-state index in [4.69, 9.17) is 0 Å². The van der Waals surface area contributed by atoms with Crippen molar-refractivity contribution in [1.82, 2.24) is 13.6 Å². The monoisotopic (exact) mass is 325 g/mol. The molecule has 0 N–H and O–H groups in total. The van der Waals surface area contributed by atoms with Gasteiger partial charge in [-0.15, -0.1) is 0 Å². The molecule has 2 heterocycles. The largest absolute Gasteiger partial charge is 0.281 e. The van der Waals surface area contributed by atoms with Crippen LogP contribution in [-0.4, -0.2) is 48.2 Å². The van der Waals surface area contributed by atoms with Crippen molar-refractivity contribution in [2.75, 3.05) is 26.2 Å². The molecule has 1 aromatic heterocycles. The maximum absolute atomic E-state index is 12.6. The highest BCUT2D eigenvalue weighted by Crippen LogP contribution is 2.23. The summed E-state index contributed by atoms with van der Waals surface area (Å²) in [6.07, 6.45) is 2.85. The van der Waals surface area contributed by atoms with Gasteiger partial charge in [0.15, 0.2) is 0 Å². The molecule has 1 aliphatic rings. The van der Waals surface area contributed by atoms with Gasteiger partial charge in [-0.25, -0.2) is 0 Å². The van der Waals surface area contributed by atoms with E-state index in [0.29, 0.717) is 32.1 Å². The van der Waals surface area contributed by atoms with E-state index in [1.807, 2.05) is 39.0 Å². The van der Waals surface area contributed by atoms with Crippen LogP contribution in [0.25, 0.3) is 0 Å². The fourth-order valence-electron chi connectivity index (χ4n) is 3.13. The first-order chi connectivity index (χ1) is 10.5. The summed E-state index contributed by atoms with van der Waals surface area (Å²) < 4.78 is 28.5. The Morgan fingerprint density at radius 1 is 1.32 bits per heavy atom. The highest BCUT2D eigenvalue weighted by Gasteiger charge is 2.32. The van der Waals surface area contributed by atoms with Gasteiger partial charge in [0.25, 0.3) is 10.2 Å². The average Bonchev–Trinajstić information content (AvgIpc) is 2.48. The number of nitrogens with zero attached hydrogens (tertiary/aromatic N) is 3. The third-order valence-corrected chi connectivity index (χ3v) is 6.44. The summed E-state index contributed by atoms with van der Waals surface area (Å²) in [5.74, 6) is 0.355. The second kappa shape index (κ2) is 7.53. The Labute approximate surface area is 134 Å². The third-order valence-electron chi connectivity index (χ3n) is 4.28. The molecule has 1 saturated heterocycles. The van der Waals surface area contributed by atoms with Crippen LogP contribution >= 0.6 is 0 Å². The molecule has 5 nitrogen and oxygen atoms in total. The lowest BCUT2D eigenvalue weighted by atomic mass is 9.94. The van der Waals surface area contributed by atoms with E-state index in [2.05, 4.69) is 4.98 Å². The molecule has 0 amide bonds. The van der Waals surface area contributed by atoms with Crippen LogP contribution in [-0.2, 0) is 16.6 Å². The number of rotatable bonds is 6. The lowest BCUT2D eigenvalue weighted by molar-refractivity contribution is 0.247. The van der Waals surface area contributed by atoms with Crippen molar-refractivity contribution < 1.29 is 8.42 Å². The Hall–Kier alpha value is -0.980. The van der Waals surface area contributed by atoms with Crippen molar-refractivity contribution in [2.24, 2.45) is 5.92 Å². The van der Waals surface area contributed by atoms with Crippen molar-refractivity contribution in [3.63, 3.8) is 0 Å². The molecule has 0 aromatic carbocycles. The fourth-order valence-corrected chi connectivity index (χ4v) is 4.86. The highest BCUT2D eigenvalue weighted by molar-refractivity contribution is 7.86. The molecule has 0 bridgehead atoms. The summed E-state index contributed by atoms with van der Waals surface area (Å²) in [5.41, 5.74) is 2.08. The van der Waals surface area contributed by atoms with Gasteiger partial charge in [-0.2, -0.15) is 17.0 Å². The van der Waals surface area contributed by atoms with Crippen LogP contribution in [0.1, 0.15) is 38.1 Å². The van der Waals surface area contributed by atoms with E-state index < -0.39 is 10.2 Å². The molecular formula is C16H27N3O2S. The highest BCUT2D eigenvalue weighted by atomic mass is 32.2. The van der Waals surface area contributed by atoms with Gasteiger partial charge in [0.2, 0.25) is 0 Å². The number of piperidine rings is 1. The SMILES string of the molecule is CCN(CC)S(=O)(=O)N1CCC[C@@H](Cc2cccc(C)n2)C1. The van der Waals surface area contributed by atoms with Crippen LogP contribution in [0, 0.1) is 12.8 Å². The Balaban J connectivity index is 2.05. The molecular weight excluding hydrogens is 298 g/mol. The van der Waals surface area contributed by atoms with Gasteiger partial charge in [-0.3, -0.25) is 4.98 Å². The first-order valence-corrected chi connectivity index (χ1v) is 9.54. The molecule has 6 heteroatoms. The maximum atomic E-state index is 12.6. The zero-order valence-electron chi connectivity index (χ0n) is 13.8. The van der Waals surface area contributed by atoms with Gasteiger partial charge in [-0.05, 0) is 44.2 Å². The molecule has 0 radical (unpaired) electrons. The van der Waals surface area contributed by atoms with Gasteiger partial charge in [0, 0.05) is 37.6 Å². The predicted molar refractivity (Wildman–Crippen MR) is 88.8 cm³/mol. The van der Waals surface area contributed by atoms with E-state index in [0.717, 1.165) is 30.7 Å². The van der Waals surface area contributed by atoms with Gasteiger partial charge >= 0.3 is 0 Å². The minimum atomic E-state index is -3.31. The second-order valence-corrected chi connectivity index (χ2v) is 7.86. The Morgan fingerprint density at radius 3 is 2.68 bits per heavy atom. The van der Waals surface area contributed by atoms with E-state index in [1.165, 1.54) is 0 Å². The molecule has 1 atom stereocenters. The zero-order valence-corrected chi connectivity index (χ0v) is 14.6. The Bertz CT molecular complexity index is 585. The van der Waals surface area contributed by atoms with Crippen molar-refractivity contribution in [3.05, 3.63) is 29.6 Å². The molecule has 1 aromatic rings. The maximum Gasteiger partial charge on any atom is 0.281 e. The number of hydrogen-bond acceptors (Lipinski definition) is 3. The molecule has 2 rings (SSSR count). The van der Waals surface area contributed by atoms with E-state index >= 15 is 0 Å². The van der Waals surface area contributed by atoms with E-state index in [9.17, 15) is 8.42 Å². The van der Waals surface area contributed by atoms with Crippen LogP contribution < -0.4 is 0 Å². The smallest absolute Gasteiger partial charge is 0.258 e. The molecule has 0 unspecified atom stereocenters. The predicted octanol–water partition coefficient (Wildman–Crippen LogP) is 2.23. The minimum absolute atomic E-state index is 0.355. The molecule has 1 aliphatic heterocycles. The number of aromatic nitrogens is 1. The Kier molecular flexibility index (Phi) is 5.94. The number of hydrogen-bond donors (Lipinski definition) is 0. The molecule has 0 saturated carbocycles. The topological polar surface area (TPSA) is 53.5 Å². The van der Waals surface area contributed by atoms with Crippen molar-refractivity contribution in [3.8, 4) is 0 Å². The van der Waals surface area contributed by atoms with Crippen LogP contribution in [0.3, 0.4) is 0 Å². The fraction of sp³-hybridized carbons (Fsp3) is 0.688. The van der Waals surface area contributed by atoms with Crippen LogP contribution in [0.2, 0.25) is 0 Å². The minimum Gasteiger partial charge on any atom is -0.258 e. The average molecular weight is 325 g/mol. The molecule has 22 heavy (non-hydrogen) atoms. The first-order valence-electron chi connectivity index (χ1n) is 8.15. The zero-order chi connectivity index (χ0) is 16.2. The van der Waals surface area contributed by atoms with Gasteiger partial charge < -0.3 is 0 Å². The first kappa shape index (κ1) is 17.4. The molecule has 1 fully saturated rings. The summed E-state index contributed by atoms with van der Waals surface area (Å²) in [6.45, 7) is 8.06. The summed E-state index contributed by atoms with van der Waals surface area (Å²) in [4.78, 5) is 4.54. The van der Waals surface area contributed by atoms with Crippen molar-refractivity contribution >= 4 is 10.2 Å². The van der Waals surface area contributed by atoms with Gasteiger partial charge in [-0.1, -0.05) is 19.9 Å². The normalized spacial score (nSPS) is 20.5. The second-order valence-electron chi connectivity index (χ2n) is 5.93. The number of pyridine rings is 1. The lowest BCUT2D eigenvalue weighted by Crippen LogP contribution is -2.48. The lowest BCUT2D eigenvalue weighted by Gasteiger charge is -2.35. The molecule has 124 valence electrons. The molecule has 0 spiro atoms. The van der Waals surface area contributed by atoms with Crippen LogP contribution in [0.5, 0.6) is 0 Å². The van der Waals surface area contributed by atoms with Crippen LogP contribution in [0.4, 0.5) is 0 Å². The quantitative estimate of drug-likeness (QED) is 0.806. The summed E-state index contributed by atoms with van der Waals surface area (Å²) in [7, 11) is -3.31. The van der Waals surface area contributed by atoms with Crippen molar-refractivity contribution in [2.45, 2.75) is 40.0 Å². The Morgan fingerprint density at radius 2 is 2.05 bits per heavy atom. The molecule has 0 aliphatic carbocycles. The van der Waals surface area contributed by atoms with Gasteiger partial charge in [0.05, 0.1) is 0 Å². The van der Waals surface area contributed by atoms with Gasteiger partial charge in [0.1, 0.15) is 0 Å².